The summed E-state index contributed by atoms with van der Waals surface area (Å²) < 4.78 is 0. The van der Waals surface area contributed by atoms with Gasteiger partial charge in [-0.1, -0.05) is 91.0 Å². The van der Waals surface area contributed by atoms with Gasteiger partial charge in [-0.05, 0) is 43.9 Å². The molecular formula is C25H29NO. The maximum atomic E-state index is 12.2. The van der Waals surface area contributed by atoms with Gasteiger partial charge in [-0.25, -0.2) is 0 Å². The molecule has 0 saturated heterocycles. The number of nitrogens with one attached hydrogen (secondary N) is 1. The highest BCUT2D eigenvalue weighted by Gasteiger charge is 2.41. The quantitative estimate of drug-likeness (QED) is 0.654. The fourth-order valence-electron chi connectivity index (χ4n) is 3.63. The second kappa shape index (κ2) is 8.08. The van der Waals surface area contributed by atoms with Gasteiger partial charge < -0.3 is 10.4 Å². The average molecular weight is 360 g/mol. The molecule has 2 heteroatoms. The Balaban J connectivity index is 2.12. The van der Waals surface area contributed by atoms with Crippen LogP contribution in [0.4, 0.5) is 0 Å². The zero-order valence-corrected chi connectivity index (χ0v) is 16.4. The molecule has 3 rings (SSSR count). The molecule has 140 valence electrons. The van der Waals surface area contributed by atoms with Crippen molar-refractivity contribution in [2.24, 2.45) is 0 Å². The zero-order valence-electron chi connectivity index (χ0n) is 16.4. The number of hydrogen-bond acceptors (Lipinski definition) is 2. The molecule has 0 saturated carbocycles. The van der Waals surface area contributed by atoms with E-state index in [4.69, 9.17) is 0 Å². The molecule has 0 radical (unpaired) electrons. The Bertz CT molecular complexity index is 783. The van der Waals surface area contributed by atoms with Gasteiger partial charge in [0, 0.05) is 11.6 Å². The predicted molar refractivity (Wildman–Crippen MR) is 113 cm³/mol. The van der Waals surface area contributed by atoms with Crippen molar-refractivity contribution in [1.82, 2.24) is 5.32 Å². The molecule has 0 spiro atoms. The Labute approximate surface area is 162 Å². The van der Waals surface area contributed by atoms with Gasteiger partial charge in [0.1, 0.15) is 5.60 Å². The first-order valence-corrected chi connectivity index (χ1v) is 9.54. The molecule has 2 N–H and O–H groups in total. The van der Waals surface area contributed by atoms with E-state index >= 15 is 0 Å². The Morgan fingerprint density at radius 3 is 1.52 bits per heavy atom. The van der Waals surface area contributed by atoms with Crippen LogP contribution in [0.2, 0.25) is 0 Å². The van der Waals surface area contributed by atoms with Crippen molar-refractivity contribution in [1.29, 1.82) is 0 Å². The van der Waals surface area contributed by atoms with Crippen molar-refractivity contribution < 1.29 is 5.11 Å². The van der Waals surface area contributed by atoms with E-state index in [0.29, 0.717) is 0 Å². The Morgan fingerprint density at radius 2 is 1.11 bits per heavy atom. The van der Waals surface area contributed by atoms with Crippen molar-refractivity contribution >= 4 is 0 Å². The van der Waals surface area contributed by atoms with Crippen molar-refractivity contribution in [3.8, 4) is 0 Å². The van der Waals surface area contributed by atoms with Crippen LogP contribution in [-0.4, -0.2) is 16.7 Å². The summed E-state index contributed by atoms with van der Waals surface area (Å²) in [6.07, 6.45) is 0.721. The van der Waals surface area contributed by atoms with Crippen LogP contribution in [0.15, 0.2) is 91.0 Å². The largest absolute Gasteiger partial charge is 0.379 e. The molecule has 2 nitrogen and oxygen atoms in total. The molecule has 3 aromatic carbocycles. The minimum Gasteiger partial charge on any atom is -0.379 e. The molecule has 0 amide bonds. The van der Waals surface area contributed by atoms with Crippen molar-refractivity contribution in [3.05, 3.63) is 108 Å². The lowest BCUT2D eigenvalue weighted by molar-refractivity contribution is 0.0270. The number of aliphatic hydroxyl groups is 1. The van der Waals surface area contributed by atoms with Crippen LogP contribution < -0.4 is 5.32 Å². The summed E-state index contributed by atoms with van der Waals surface area (Å²) in [5, 5.41) is 15.9. The standard InChI is InChI=1S/C25H29NO/c1-24(2,3)26-23(19-20-13-7-4-8-14-20)25(27,21-15-9-5-10-16-21)22-17-11-6-12-18-22/h4-18,23,26-27H,19H2,1-3H3/t23-/m1/s1. The minimum atomic E-state index is -1.15. The van der Waals surface area contributed by atoms with E-state index in [9.17, 15) is 5.11 Å². The third-order valence-electron chi connectivity index (χ3n) is 4.82. The Kier molecular flexibility index (Phi) is 5.79. The maximum absolute atomic E-state index is 12.2. The lowest BCUT2D eigenvalue weighted by Gasteiger charge is -2.41. The van der Waals surface area contributed by atoms with Gasteiger partial charge >= 0.3 is 0 Å². The molecule has 0 aliphatic heterocycles. The first-order valence-electron chi connectivity index (χ1n) is 9.54. The molecule has 0 bridgehead atoms. The van der Waals surface area contributed by atoms with Gasteiger partial charge in [0.25, 0.3) is 0 Å². The molecular weight excluding hydrogens is 330 g/mol. The van der Waals surface area contributed by atoms with Crippen LogP contribution in [0, 0.1) is 0 Å². The lowest BCUT2D eigenvalue weighted by Crippen LogP contribution is -2.56. The molecule has 0 aliphatic carbocycles. The van der Waals surface area contributed by atoms with E-state index in [1.54, 1.807) is 0 Å². The zero-order chi connectivity index (χ0) is 19.3. The van der Waals surface area contributed by atoms with Crippen LogP contribution in [0.3, 0.4) is 0 Å². The first-order chi connectivity index (χ1) is 12.9. The highest BCUT2D eigenvalue weighted by atomic mass is 16.3. The summed E-state index contributed by atoms with van der Waals surface area (Å²) in [5.41, 5.74) is 1.70. The van der Waals surface area contributed by atoms with Crippen molar-refractivity contribution in [2.75, 3.05) is 0 Å². The van der Waals surface area contributed by atoms with Crippen LogP contribution in [0.1, 0.15) is 37.5 Å². The van der Waals surface area contributed by atoms with Gasteiger partial charge in [-0.15, -0.1) is 0 Å². The third kappa shape index (κ3) is 4.65. The number of rotatable bonds is 6. The van der Waals surface area contributed by atoms with E-state index in [1.807, 2.05) is 78.9 Å². The first kappa shape index (κ1) is 19.3. The molecule has 0 aromatic heterocycles. The SMILES string of the molecule is CC(C)(C)N[C@H](Cc1ccccc1)C(O)(c1ccccc1)c1ccccc1. The van der Waals surface area contributed by atoms with E-state index in [-0.39, 0.29) is 11.6 Å². The third-order valence-corrected chi connectivity index (χ3v) is 4.82. The molecule has 3 aromatic rings. The van der Waals surface area contributed by atoms with Gasteiger partial charge in [-0.3, -0.25) is 0 Å². The Hall–Kier alpha value is -2.42. The van der Waals surface area contributed by atoms with E-state index in [0.717, 1.165) is 17.5 Å². The summed E-state index contributed by atoms with van der Waals surface area (Å²) in [7, 11) is 0. The summed E-state index contributed by atoms with van der Waals surface area (Å²) in [4.78, 5) is 0. The van der Waals surface area contributed by atoms with E-state index in [1.165, 1.54) is 5.56 Å². The van der Waals surface area contributed by atoms with Gasteiger partial charge in [-0.2, -0.15) is 0 Å². The van der Waals surface area contributed by atoms with Crippen LogP contribution >= 0.6 is 0 Å². The number of benzene rings is 3. The Morgan fingerprint density at radius 1 is 0.704 bits per heavy atom. The molecule has 0 heterocycles. The topological polar surface area (TPSA) is 32.3 Å². The predicted octanol–water partition coefficient (Wildman–Crippen LogP) is 4.92. The summed E-state index contributed by atoms with van der Waals surface area (Å²) in [6, 6.07) is 30.1. The number of hydrogen-bond donors (Lipinski definition) is 2. The van der Waals surface area contributed by atoms with E-state index < -0.39 is 5.60 Å². The normalized spacial score (nSPS) is 13.3. The molecule has 0 fully saturated rings. The van der Waals surface area contributed by atoms with Crippen molar-refractivity contribution in [2.45, 2.75) is 44.4 Å². The van der Waals surface area contributed by atoms with Gasteiger partial charge in [0.15, 0.2) is 0 Å². The maximum Gasteiger partial charge on any atom is 0.130 e. The van der Waals surface area contributed by atoms with Crippen LogP contribution in [-0.2, 0) is 12.0 Å². The van der Waals surface area contributed by atoms with Crippen LogP contribution in [0.5, 0.6) is 0 Å². The summed E-state index contributed by atoms with van der Waals surface area (Å²) in [6.45, 7) is 6.42. The highest BCUT2D eigenvalue weighted by molar-refractivity contribution is 5.39. The van der Waals surface area contributed by atoms with E-state index in [2.05, 4.69) is 38.2 Å². The smallest absolute Gasteiger partial charge is 0.130 e. The second-order valence-electron chi connectivity index (χ2n) is 8.14. The van der Waals surface area contributed by atoms with Crippen molar-refractivity contribution in [3.63, 3.8) is 0 Å². The summed E-state index contributed by atoms with van der Waals surface area (Å²) >= 11 is 0. The van der Waals surface area contributed by atoms with Gasteiger partial charge in [0.05, 0.1) is 0 Å². The van der Waals surface area contributed by atoms with Gasteiger partial charge in [0.2, 0.25) is 0 Å². The highest BCUT2D eigenvalue weighted by Crippen LogP contribution is 2.35. The fourth-order valence-corrected chi connectivity index (χ4v) is 3.63. The fraction of sp³-hybridized carbons (Fsp3) is 0.280. The average Bonchev–Trinajstić information content (AvgIpc) is 2.68. The molecule has 0 unspecified atom stereocenters. The molecule has 1 atom stereocenters. The minimum absolute atomic E-state index is 0.142. The lowest BCUT2D eigenvalue weighted by atomic mass is 9.77. The molecule has 27 heavy (non-hydrogen) atoms. The second-order valence-corrected chi connectivity index (χ2v) is 8.14. The monoisotopic (exact) mass is 359 g/mol. The van der Waals surface area contributed by atoms with Crippen LogP contribution in [0.25, 0.3) is 0 Å². The molecule has 0 aliphatic rings. The summed E-state index contributed by atoms with van der Waals surface area (Å²) in [5.74, 6) is 0.